The Bertz CT molecular complexity index is 1100. The Morgan fingerprint density at radius 3 is 2.63 bits per heavy atom. The lowest BCUT2D eigenvalue weighted by Crippen LogP contribution is -2.22. The molecule has 3 aromatic rings. The molecule has 7 heteroatoms. The van der Waals surface area contributed by atoms with Crippen molar-refractivity contribution in [2.75, 3.05) is 0 Å². The number of halogens is 3. The van der Waals surface area contributed by atoms with Crippen LogP contribution in [0.4, 0.5) is 13.2 Å². The third-order valence-electron chi connectivity index (χ3n) is 5.59. The van der Waals surface area contributed by atoms with Crippen LogP contribution in [0.5, 0.6) is 0 Å². The van der Waals surface area contributed by atoms with Gasteiger partial charge in [0.1, 0.15) is 11.4 Å². The molecule has 1 fully saturated rings. The van der Waals surface area contributed by atoms with Gasteiger partial charge in [-0.2, -0.15) is 13.2 Å². The van der Waals surface area contributed by atoms with Crippen LogP contribution in [0.25, 0.3) is 16.9 Å². The first kappa shape index (κ1) is 20.3. The van der Waals surface area contributed by atoms with Gasteiger partial charge >= 0.3 is 6.18 Å². The molecule has 2 heterocycles. The Balaban J connectivity index is 1.53. The molecule has 0 unspecified atom stereocenters. The van der Waals surface area contributed by atoms with Crippen LogP contribution in [0.2, 0.25) is 0 Å². The van der Waals surface area contributed by atoms with Crippen LogP contribution >= 0.6 is 0 Å². The molecule has 0 atom stereocenters. The number of carbonyl (C=O) groups is 2. The van der Waals surface area contributed by atoms with Crippen molar-refractivity contribution >= 4 is 17.2 Å². The molecule has 1 aromatic carbocycles. The molecule has 4 rings (SSSR count). The molecule has 1 aliphatic rings. The van der Waals surface area contributed by atoms with Crippen LogP contribution in [-0.4, -0.2) is 27.1 Å². The van der Waals surface area contributed by atoms with Crippen molar-refractivity contribution in [3.63, 3.8) is 0 Å². The molecule has 0 aliphatic heterocycles. The maximum absolute atomic E-state index is 12.5. The topological polar surface area (TPSA) is 51.4 Å². The number of hydrogen-bond donors (Lipinski definition) is 0. The average molecular weight is 414 g/mol. The molecule has 156 valence electrons. The number of fused-ring (bicyclic) bond motifs is 1. The van der Waals surface area contributed by atoms with Gasteiger partial charge in [0.15, 0.2) is 5.78 Å². The van der Waals surface area contributed by atoms with Crippen molar-refractivity contribution in [2.24, 2.45) is 5.92 Å². The van der Waals surface area contributed by atoms with Crippen LogP contribution in [-0.2, 0) is 11.2 Å². The van der Waals surface area contributed by atoms with Crippen LogP contribution in [0.1, 0.15) is 48.0 Å². The van der Waals surface area contributed by atoms with E-state index in [1.807, 2.05) is 16.7 Å². The van der Waals surface area contributed by atoms with E-state index in [-0.39, 0.29) is 18.1 Å². The van der Waals surface area contributed by atoms with Crippen molar-refractivity contribution in [3.05, 3.63) is 59.9 Å². The number of imidazole rings is 1. The van der Waals surface area contributed by atoms with Gasteiger partial charge in [0.25, 0.3) is 0 Å². The second-order valence-electron chi connectivity index (χ2n) is 7.81. The van der Waals surface area contributed by atoms with Crippen molar-refractivity contribution in [1.82, 2.24) is 9.38 Å². The maximum Gasteiger partial charge on any atom is 0.389 e. The highest BCUT2D eigenvalue weighted by molar-refractivity contribution is 5.99. The number of pyridine rings is 1. The van der Waals surface area contributed by atoms with Gasteiger partial charge in [0, 0.05) is 36.1 Å². The molecule has 0 bridgehead atoms. The van der Waals surface area contributed by atoms with Gasteiger partial charge in [-0.05, 0) is 36.6 Å². The summed E-state index contributed by atoms with van der Waals surface area (Å²) in [6.07, 6.45) is 0.509. The van der Waals surface area contributed by atoms with Crippen molar-refractivity contribution in [1.29, 1.82) is 0 Å². The molecule has 30 heavy (non-hydrogen) atoms. The van der Waals surface area contributed by atoms with E-state index in [2.05, 4.69) is 4.98 Å². The smallest absolute Gasteiger partial charge is 0.300 e. The summed E-state index contributed by atoms with van der Waals surface area (Å²) < 4.78 is 38.8. The quantitative estimate of drug-likeness (QED) is 0.484. The second kappa shape index (κ2) is 8.05. The van der Waals surface area contributed by atoms with E-state index in [1.165, 1.54) is 0 Å². The Hall–Kier alpha value is -2.96. The predicted molar refractivity (Wildman–Crippen MR) is 106 cm³/mol. The molecular formula is C23H21F3N2O2. The monoisotopic (exact) mass is 414 g/mol. The van der Waals surface area contributed by atoms with Crippen LogP contribution in [0, 0.1) is 5.92 Å². The summed E-state index contributed by atoms with van der Waals surface area (Å²) in [5, 5.41) is 0. The second-order valence-corrected chi connectivity index (χ2v) is 7.81. The number of aromatic nitrogens is 2. The van der Waals surface area contributed by atoms with E-state index < -0.39 is 24.8 Å². The summed E-state index contributed by atoms with van der Waals surface area (Å²) in [6.45, 7) is 0. The van der Waals surface area contributed by atoms with Gasteiger partial charge in [-0.1, -0.05) is 24.6 Å². The van der Waals surface area contributed by atoms with E-state index in [0.29, 0.717) is 16.8 Å². The van der Waals surface area contributed by atoms with Gasteiger partial charge in [-0.3, -0.25) is 14.0 Å². The number of hydrogen-bond acceptors (Lipinski definition) is 3. The fraction of sp³-hybridized carbons (Fsp3) is 0.348. The zero-order valence-electron chi connectivity index (χ0n) is 16.3. The van der Waals surface area contributed by atoms with Crippen LogP contribution in [0.15, 0.2) is 48.8 Å². The largest absolute Gasteiger partial charge is 0.389 e. The first-order valence-electron chi connectivity index (χ1n) is 9.99. The molecule has 0 saturated heterocycles. The molecule has 0 radical (unpaired) electrons. The van der Waals surface area contributed by atoms with Crippen molar-refractivity contribution in [3.8, 4) is 11.3 Å². The number of ketones is 2. The van der Waals surface area contributed by atoms with E-state index in [4.69, 9.17) is 0 Å². The van der Waals surface area contributed by atoms with E-state index >= 15 is 0 Å². The molecule has 0 amide bonds. The number of alkyl halides is 3. The third kappa shape index (κ3) is 4.45. The normalized spacial score (nSPS) is 14.6. The third-order valence-corrected chi connectivity index (χ3v) is 5.59. The Kier molecular flexibility index (Phi) is 5.45. The fourth-order valence-electron chi connectivity index (χ4n) is 3.69. The number of benzene rings is 1. The highest BCUT2D eigenvalue weighted by Gasteiger charge is 2.28. The average Bonchev–Trinajstić information content (AvgIpc) is 3.08. The maximum atomic E-state index is 12.5. The molecule has 1 aliphatic carbocycles. The van der Waals surface area contributed by atoms with Gasteiger partial charge in [-0.15, -0.1) is 0 Å². The summed E-state index contributed by atoms with van der Waals surface area (Å²) >= 11 is 0. The van der Waals surface area contributed by atoms with E-state index in [0.717, 1.165) is 30.5 Å². The fourth-order valence-corrected chi connectivity index (χ4v) is 3.69. The lowest BCUT2D eigenvalue weighted by atomic mass is 9.80. The summed E-state index contributed by atoms with van der Waals surface area (Å²) in [5.74, 6) is -0.164. The van der Waals surface area contributed by atoms with Gasteiger partial charge < -0.3 is 0 Å². The summed E-state index contributed by atoms with van der Waals surface area (Å²) in [7, 11) is 0. The molecule has 4 nitrogen and oxygen atoms in total. The lowest BCUT2D eigenvalue weighted by molar-refractivity contribution is -0.143. The Labute approximate surface area is 171 Å². The highest BCUT2D eigenvalue weighted by Crippen LogP contribution is 2.30. The standard InChI is InChI=1S/C23H21F3N2O2/c24-23(25,26)9-7-19(29)12-15-3-1-6-17(11-15)20-14-27-21-13-18(8-10-28(20)21)22(30)16-4-2-5-16/h1,3,6,8,10-11,13-14,16H,2,4-5,7,9,12H2. The summed E-state index contributed by atoms with van der Waals surface area (Å²) in [6, 6.07) is 10.7. The molecule has 1 saturated carbocycles. The summed E-state index contributed by atoms with van der Waals surface area (Å²) in [5.41, 5.74) is 3.57. The first-order chi connectivity index (χ1) is 14.3. The van der Waals surface area contributed by atoms with Gasteiger partial charge in [0.05, 0.1) is 18.3 Å². The minimum atomic E-state index is -4.33. The predicted octanol–water partition coefficient (Wildman–Crippen LogP) is 5.44. The zero-order valence-corrected chi connectivity index (χ0v) is 16.3. The number of nitrogens with zero attached hydrogens (tertiary/aromatic N) is 2. The van der Waals surface area contributed by atoms with Crippen molar-refractivity contribution in [2.45, 2.75) is 44.7 Å². The molecular weight excluding hydrogens is 393 g/mol. The minimum absolute atomic E-state index is 0.0410. The molecule has 0 spiro atoms. The number of rotatable bonds is 7. The Morgan fingerprint density at radius 2 is 1.93 bits per heavy atom. The van der Waals surface area contributed by atoms with E-state index in [1.54, 1.807) is 36.5 Å². The zero-order chi connectivity index (χ0) is 21.3. The van der Waals surface area contributed by atoms with Gasteiger partial charge in [-0.25, -0.2) is 4.98 Å². The lowest BCUT2D eigenvalue weighted by Gasteiger charge is -2.23. The number of carbonyl (C=O) groups excluding carboxylic acids is 2. The Morgan fingerprint density at radius 1 is 1.13 bits per heavy atom. The summed E-state index contributed by atoms with van der Waals surface area (Å²) in [4.78, 5) is 28.8. The first-order valence-corrected chi connectivity index (χ1v) is 9.99. The highest BCUT2D eigenvalue weighted by atomic mass is 19.4. The van der Waals surface area contributed by atoms with E-state index in [9.17, 15) is 22.8 Å². The van der Waals surface area contributed by atoms with Gasteiger partial charge in [0.2, 0.25) is 0 Å². The molecule has 2 aromatic heterocycles. The molecule has 0 N–H and O–H groups in total. The van der Waals surface area contributed by atoms with Crippen LogP contribution < -0.4 is 0 Å². The minimum Gasteiger partial charge on any atom is -0.300 e. The van der Waals surface area contributed by atoms with Crippen molar-refractivity contribution < 1.29 is 22.8 Å². The van der Waals surface area contributed by atoms with Crippen LogP contribution in [0.3, 0.4) is 0 Å². The SMILES string of the molecule is O=C(CCC(F)(F)F)Cc1cccc(-c2cnc3cc(C(=O)C4CCC4)ccn23)c1. The number of Topliss-reactive ketones (excluding diaryl/α,β-unsaturated/α-hetero) is 2.